The predicted molar refractivity (Wildman–Crippen MR) is 104 cm³/mol. The van der Waals surface area contributed by atoms with Gasteiger partial charge in [0.05, 0.1) is 0 Å². The second-order valence-corrected chi connectivity index (χ2v) is 9.40. The zero-order valence-corrected chi connectivity index (χ0v) is 16.0. The van der Waals surface area contributed by atoms with Crippen LogP contribution in [0.2, 0.25) is 0 Å². The Morgan fingerprint density at radius 1 is 0.652 bits per heavy atom. The van der Waals surface area contributed by atoms with E-state index >= 15 is 0 Å². The molecule has 0 aliphatic heterocycles. The summed E-state index contributed by atoms with van der Waals surface area (Å²) >= 11 is 3.50. The van der Waals surface area contributed by atoms with E-state index < -0.39 is 5.79 Å². The van der Waals surface area contributed by atoms with Gasteiger partial charge in [0, 0.05) is 0 Å². The molecular weight excluding hydrogens is 362 g/mol. The zero-order valence-electron chi connectivity index (χ0n) is 13.4. The van der Waals surface area contributed by atoms with Crippen LogP contribution in [0.25, 0.3) is 0 Å². The minimum atomic E-state index is -0.542. The Kier molecular flexibility index (Phi) is 5.13. The quantitative estimate of drug-likeness (QED) is 0.453. The van der Waals surface area contributed by atoms with Crippen LogP contribution in [0.4, 0.5) is 0 Å². The molecule has 3 aromatic carbocycles. The molecule has 2 heteroatoms. The minimum absolute atomic E-state index is 0.542. The first-order valence-electron chi connectivity index (χ1n) is 7.70. The first-order valence-corrected chi connectivity index (χ1v) is 11.3. The Bertz CT molecular complexity index is 828. The van der Waals surface area contributed by atoms with Gasteiger partial charge in [0.2, 0.25) is 0 Å². The third-order valence-corrected chi connectivity index (χ3v) is 8.27. The molecule has 0 aromatic heterocycles. The molecule has 0 nitrogen and oxygen atoms in total. The molecule has 114 valence electrons. The van der Waals surface area contributed by atoms with Crippen molar-refractivity contribution >= 4 is 31.5 Å². The van der Waals surface area contributed by atoms with Crippen molar-refractivity contribution in [2.75, 3.05) is 0 Å². The van der Waals surface area contributed by atoms with Gasteiger partial charge >= 0.3 is 146 Å². The molecule has 0 aliphatic rings. The molecule has 0 heterocycles. The molecule has 0 fully saturated rings. The number of hydrogen-bond donors (Lipinski definition) is 0. The summed E-state index contributed by atoms with van der Waals surface area (Å²) in [6, 6.07) is 28.0. The van der Waals surface area contributed by atoms with Crippen molar-refractivity contribution in [3.63, 3.8) is 0 Å². The predicted octanol–water partition coefficient (Wildman–Crippen LogP) is 4.76. The van der Waals surface area contributed by atoms with Crippen LogP contribution in [0.3, 0.4) is 0 Å². The molecule has 0 saturated heterocycles. The molecule has 0 bridgehead atoms. The number of rotatable bonds is 3. The van der Waals surface area contributed by atoms with Crippen molar-refractivity contribution in [2.24, 2.45) is 0 Å². The van der Waals surface area contributed by atoms with E-state index in [1.54, 1.807) is 0 Å². The van der Waals surface area contributed by atoms with Gasteiger partial charge in [-0.2, -0.15) is 0 Å². The van der Waals surface area contributed by atoms with Gasteiger partial charge in [0.15, 0.2) is 0 Å². The fourth-order valence-electron chi connectivity index (χ4n) is 2.83. The van der Waals surface area contributed by atoms with Crippen LogP contribution in [-0.4, -0.2) is 20.4 Å². The monoisotopic (exact) mass is 382 g/mol. The van der Waals surface area contributed by atoms with E-state index in [0.717, 1.165) is 0 Å². The van der Waals surface area contributed by atoms with Gasteiger partial charge in [-0.25, -0.2) is 0 Å². The third kappa shape index (κ3) is 3.48. The number of hydrogen-bond acceptors (Lipinski definition) is 0. The van der Waals surface area contributed by atoms with Gasteiger partial charge in [0.1, 0.15) is 0 Å². The van der Waals surface area contributed by atoms with Gasteiger partial charge in [-0.1, -0.05) is 0 Å². The number of aryl methyl sites for hydroxylation is 2. The van der Waals surface area contributed by atoms with E-state index in [1.165, 1.54) is 32.9 Å². The van der Waals surface area contributed by atoms with Crippen LogP contribution in [0.15, 0.2) is 78.9 Å². The molecule has 1 unspecified atom stereocenters. The van der Waals surface area contributed by atoms with Crippen LogP contribution in [0.1, 0.15) is 22.3 Å². The van der Waals surface area contributed by atoms with Gasteiger partial charge in [-0.3, -0.25) is 0 Å². The molecule has 0 N–H and O–H groups in total. The summed E-state index contributed by atoms with van der Waals surface area (Å²) < 4.78 is 0. The van der Waals surface area contributed by atoms with Crippen LogP contribution in [0, 0.1) is 13.8 Å². The second kappa shape index (κ2) is 7.28. The summed E-state index contributed by atoms with van der Waals surface area (Å²) in [6.45, 7) is 4.42. The first-order chi connectivity index (χ1) is 11.2. The fraction of sp³-hybridized carbons (Fsp3) is 0.0952. The van der Waals surface area contributed by atoms with E-state index in [1.807, 2.05) is 0 Å². The number of benzene rings is 3. The molecular formula is C21H19PSe. The van der Waals surface area contributed by atoms with Crippen molar-refractivity contribution in [1.29, 1.82) is 0 Å². The van der Waals surface area contributed by atoms with Crippen LogP contribution < -0.4 is 5.30 Å². The summed E-state index contributed by atoms with van der Waals surface area (Å²) in [5.41, 5.74) is 5.32. The van der Waals surface area contributed by atoms with Crippen molar-refractivity contribution in [2.45, 2.75) is 13.8 Å². The standard InChI is InChI=1S/C21H19PSe/c1-16-10-9-11-17(2)20(16)22(23)21(18-12-5-3-6-13-18)19-14-7-4-8-15-19/h3-15H,1-2H3. The third-order valence-electron chi connectivity index (χ3n) is 3.94. The van der Waals surface area contributed by atoms with Crippen LogP contribution >= 0.6 is 5.79 Å². The van der Waals surface area contributed by atoms with E-state index in [4.69, 9.17) is 0 Å². The van der Waals surface area contributed by atoms with Gasteiger partial charge in [0.25, 0.3) is 0 Å². The average molecular weight is 381 g/mol. The second-order valence-electron chi connectivity index (χ2n) is 5.62. The molecule has 0 spiro atoms. The van der Waals surface area contributed by atoms with Gasteiger partial charge < -0.3 is 0 Å². The molecule has 0 amide bonds. The molecule has 0 aliphatic carbocycles. The van der Waals surface area contributed by atoms with Gasteiger partial charge in [-0.15, -0.1) is 0 Å². The SMILES string of the molecule is Cc1cccc(C)c1P(=[Se])=C(c1ccccc1)c1ccccc1. The molecule has 3 aromatic rings. The summed E-state index contributed by atoms with van der Waals surface area (Å²) in [5, 5.41) is 2.85. The first kappa shape index (κ1) is 16.2. The van der Waals surface area contributed by atoms with E-state index in [0.29, 0.717) is 0 Å². The van der Waals surface area contributed by atoms with E-state index in [2.05, 4.69) is 108 Å². The molecule has 0 saturated carbocycles. The molecule has 3 rings (SSSR count). The topological polar surface area (TPSA) is 0 Å². The average Bonchev–Trinajstić information content (AvgIpc) is 2.57. The Labute approximate surface area is 146 Å². The summed E-state index contributed by atoms with van der Waals surface area (Å²) in [7, 11) is 0. The van der Waals surface area contributed by atoms with Crippen LogP contribution in [0.5, 0.6) is 0 Å². The summed E-state index contributed by atoms with van der Waals surface area (Å²) in [4.78, 5) is 0. The Balaban J connectivity index is 2.33. The maximum absolute atomic E-state index is 3.50. The molecule has 23 heavy (non-hydrogen) atoms. The molecule has 1 atom stereocenters. The van der Waals surface area contributed by atoms with Gasteiger partial charge in [-0.05, 0) is 0 Å². The Hall–Kier alpha value is -1.65. The maximum atomic E-state index is 3.50. The Morgan fingerprint density at radius 3 is 1.52 bits per heavy atom. The van der Waals surface area contributed by atoms with E-state index in [9.17, 15) is 0 Å². The zero-order chi connectivity index (χ0) is 16.2. The Morgan fingerprint density at radius 2 is 1.09 bits per heavy atom. The summed E-state index contributed by atoms with van der Waals surface area (Å²) in [5.74, 6) is -0.542. The van der Waals surface area contributed by atoms with Crippen molar-refractivity contribution in [1.82, 2.24) is 0 Å². The normalized spacial score (nSPS) is 11.1. The summed E-state index contributed by atoms with van der Waals surface area (Å²) in [6.07, 6.45) is 0. The van der Waals surface area contributed by atoms with Crippen molar-refractivity contribution in [3.05, 3.63) is 101 Å². The van der Waals surface area contributed by atoms with E-state index in [-0.39, 0.29) is 0 Å². The fourth-order valence-corrected chi connectivity index (χ4v) is 7.75. The molecule has 0 radical (unpaired) electrons. The van der Waals surface area contributed by atoms with Crippen molar-refractivity contribution < 1.29 is 0 Å². The van der Waals surface area contributed by atoms with Crippen LogP contribution in [-0.2, 0) is 0 Å². The van der Waals surface area contributed by atoms with Crippen molar-refractivity contribution in [3.8, 4) is 0 Å².